The van der Waals surface area contributed by atoms with E-state index in [0.29, 0.717) is 11.6 Å². The molecule has 8 heteroatoms. The Balaban J connectivity index is 1.42. The van der Waals surface area contributed by atoms with Crippen LogP contribution in [0.2, 0.25) is 0 Å². The van der Waals surface area contributed by atoms with Crippen LogP contribution < -0.4 is 10.1 Å². The third kappa shape index (κ3) is 5.96. The van der Waals surface area contributed by atoms with Gasteiger partial charge in [-0.25, -0.2) is 9.97 Å². The molecule has 2 aromatic heterocycles. The molecule has 2 aliphatic rings. The number of pyridine rings is 1. The van der Waals surface area contributed by atoms with Gasteiger partial charge >= 0.3 is 0 Å². The molecule has 2 aliphatic heterocycles. The van der Waals surface area contributed by atoms with Crippen molar-refractivity contribution in [1.29, 1.82) is 0 Å². The zero-order chi connectivity index (χ0) is 26.5. The van der Waals surface area contributed by atoms with Crippen LogP contribution in [0.15, 0.2) is 36.4 Å². The lowest BCUT2D eigenvalue weighted by Crippen LogP contribution is -2.45. The first-order valence-electron chi connectivity index (χ1n) is 14.4. The molecule has 2 unspecified atom stereocenters. The van der Waals surface area contributed by atoms with Gasteiger partial charge in [0.15, 0.2) is 5.65 Å². The van der Waals surface area contributed by atoms with E-state index < -0.39 is 0 Å². The molecule has 1 N–H and O–H groups in total. The van der Waals surface area contributed by atoms with Gasteiger partial charge in [0.25, 0.3) is 5.91 Å². The number of amides is 1. The van der Waals surface area contributed by atoms with Crippen LogP contribution in [-0.4, -0.2) is 69.6 Å². The van der Waals surface area contributed by atoms with E-state index in [1.54, 1.807) is 7.11 Å². The molecule has 204 valence electrons. The maximum atomic E-state index is 13.6. The summed E-state index contributed by atoms with van der Waals surface area (Å²) in [5, 5.41) is 3.48. The normalized spacial score (nSPS) is 20.6. The van der Waals surface area contributed by atoms with Crippen LogP contribution in [0.1, 0.15) is 69.3 Å². The minimum atomic E-state index is 0.0308. The first-order chi connectivity index (χ1) is 18.6. The summed E-state index contributed by atoms with van der Waals surface area (Å²) in [5.41, 5.74) is 3.01. The minimum absolute atomic E-state index is 0.0308. The predicted octanol–water partition coefficient (Wildman–Crippen LogP) is 5.71. The number of aryl methyl sites for hydroxylation is 1. The van der Waals surface area contributed by atoms with Gasteiger partial charge < -0.3 is 19.9 Å². The molecule has 38 heavy (non-hydrogen) atoms. The number of aromatic nitrogens is 3. The lowest BCUT2D eigenvalue weighted by Gasteiger charge is -2.37. The molecule has 2 atom stereocenters. The molecular weight excluding hydrogens is 476 g/mol. The Morgan fingerprint density at radius 2 is 1.82 bits per heavy atom. The number of methoxy groups -OCH3 is 1. The fourth-order valence-corrected chi connectivity index (χ4v) is 5.81. The van der Waals surface area contributed by atoms with Gasteiger partial charge in [0, 0.05) is 24.8 Å². The zero-order valence-corrected chi connectivity index (χ0v) is 23.2. The summed E-state index contributed by atoms with van der Waals surface area (Å²) in [6.07, 6.45) is 8.28. The van der Waals surface area contributed by atoms with Crippen LogP contribution in [0, 0.1) is 5.92 Å². The fourth-order valence-electron chi connectivity index (χ4n) is 5.81. The van der Waals surface area contributed by atoms with Gasteiger partial charge in [-0.15, -0.1) is 0 Å². The standard InChI is InChI=1S/C30H42N6O2/c1-4-23-10-9-22(2)36(21-23)29(37)27-16-15-26-28(32-27)35(20-8-19-34-17-6-5-7-18-34)30(33-26)31-24-11-13-25(38-3)14-12-24/h11-16,22-23H,4-10,17-21H2,1-3H3,(H,31,33). The van der Waals surface area contributed by atoms with Crippen molar-refractivity contribution < 1.29 is 9.53 Å². The van der Waals surface area contributed by atoms with E-state index in [1.807, 2.05) is 41.3 Å². The number of hydrogen-bond acceptors (Lipinski definition) is 6. The van der Waals surface area contributed by atoms with Crippen LogP contribution >= 0.6 is 0 Å². The smallest absolute Gasteiger partial charge is 0.272 e. The van der Waals surface area contributed by atoms with Gasteiger partial charge in [0.1, 0.15) is 17.0 Å². The van der Waals surface area contributed by atoms with Gasteiger partial charge in [-0.2, -0.15) is 0 Å². The predicted molar refractivity (Wildman–Crippen MR) is 152 cm³/mol. The number of likely N-dealkylation sites (tertiary alicyclic amines) is 2. The van der Waals surface area contributed by atoms with E-state index in [9.17, 15) is 4.79 Å². The van der Waals surface area contributed by atoms with Crippen molar-refractivity contribution >= 4 is 28.7 Å². The van der Waals surface area contributed by atoms with Crippen molar-refractivity contribution in [2.75, 3.05) is 38.6 Å². The van der Waals surface area contributed by atoms with Crippen molar-refractivity contribution in [3.05, 3.63) is 42.1 Å². The van der Waals surface area contributed by atoms with Crippen LogP contribution in [0.3, 0.4) is 0 Å². The zero-order valence-electron chi connectivity index (χ0n) is 23.2. The number of imidazole rings is 1. The SMILES string of the molecule is CCC1CCC(C)N(C(=O)c2ccc3nc(Nc4ccc(OC)cc4)n(CCCN4CCCCC4)c3n2)C1. The Bertz CT molecular complexity index is 1220. The number of piperidine rings is 2. The number of nitrogens with zero attached hydrogens (tertiary/aromatic N) is 5. The summed E-state index contributed by atoms with van der Waals surface area (Å²) in [4.78, 5) is 28.0. The largest absolute Gasteiger partial charge is 0.497 e. The molecule has 1 aromatic carbocycles. The number of carbonyl (C=O) groups is 1. The second-order valence-electron chi connectivity index (χ2n) is 10.9. The van der Waals surface area contributed by atoms with Gasteiger partial charge in [-0.3, -0.25) is 9.36 Å². The number of anilines is 2. The van der Waals surface area contributed by atoms with Crippen molar-refractivity contribution in [1.82, 2.24) is 24.3 Å². The highest BCUT2D eigenvalue weighted by Crippen LogP contribution is 2.27. The molecule has 2 fully saturated rings. The Labute approximate surface area is 226 Å². The summed E-state index contributed by atoms with van der Waals surface area (Å²) in [6, 6.07) is 11.9. The molecule has 2 saturated heterocycles. The number of carbonyl (C=O) groups excluding carboxylic acids is 1. The van der Waals surface area contributed by atoms with Gasteiger partial charge in [-0.05, 0) is 101 Å². The van der Waals surface area contributed by atoms with Crippen LogP contribution in [0.4, 0.5) is 11.6 Å². The van der Waals surface area contributed by atoms with Crippen LogP contribution in [0.5, 0.6) is 5.75 Å². The van der Waals surface area contributed by atoms with Gasteiger partial charge in [0.2, 0.25) is 5.95 Å². The first kappa shape index (κ1) is 26.5. The molecular formula is C30H42N6O2. The second kappa shape index (κ2) is 12.2. The highest BCUT2D eigenvalue weighted by atomic mass is 16.5. The van der Waals surface area contributed by atoms with E-state index in [4.69, 9.17) is 14.7 Å². The van der Waals surface area contributed by atoms with Crippen molar-refractivity contribution in [2.45, 2.75) is 71.4 Å². The highest BCUT2D eigenvalue weighted by molar-refractivity contribution is 5.94. The molecule has 1 amide bonds. The van der Waals surface area contributed by atoms with Crippen LogP contribution in [0.25, 0.3) is 11.2 Å². The molecule has 8 nitrogen and oxygen atoms in total. The van der Waals surface area contributed by atoms with E-state index in [2.05, 4.69) is 28.6 Å². The number of ether oxygens (including phenoxy) is 1. The quantitative estimate of drug-likeness (QED) is 0.391. The summed E-state index contributed by atoms with van der Waals surface area (Å²) in [5.74, 6) is 2.16. The average molecular weight is 519 g/mol. The number of hydrogen-bond donors (Lipinski definition) is 1. The van der Waals surface area contributed by atoms with Gasteiger partial charge in [-0.1, -0.05) is 19.8 Å². The summed E-state index contributed by atoms with van der Waals surface area (Å²) < 4.78 is 7.46. The number of rotatable bonds is 9. The number of fused-ring (bicyclic) bond motifs is 1. The number of benzene rings is 1. The highest BCUT2D eigenvalue weighted by Gasteiger charge is 2.30. The molecule has 3 aromatic rings. The summed E-state index contributed by atoms with van der Waals surface area (Å²) in [6.45, 7) is 9.40. The van der Waals surface area contributed by atoms with Gasteiger partial charge in [0.05, 0.1) is 7.11 Å². The lowest BCUT2D eigenvalue weighted by molar-refractivity contribution is 0.0551. The maximum Gasteiger partial charge on any atom is 0.272 e. The maximum absolute atomic E-state index is 13.6. The minimum Gasteiger partial charge on any atom is -0.497 e. The molecule has 5 rings (SSSR count). The summed E-state index contributed by atoms with van der Waals surface area (Å²) >= 11 is 0. The second-order valence-corrected chi connectivity index (χ2v) is 10.9. The van der Waals surface area contributed by atoms with E-state index in [1.165, 1.54) is 38.8 Å². The Morgan fingerprint density at radius 3 is 2.55 bits per heavy atom. The first-order valence-corrected chi connectivity index (χ1v) is 14.4. The van der Waals surface area contributed by atoms with E-state index in [0.717, 1.165) is 67.4 Å². The summed E-state index contributed by atoms with van der Waals surface area (Å²) in [7, 11) is 1.67. The number of nitrogens with one attached hydrogen (secondary N) is 1. The van der Waals surface area contributed by atoms with Crippen LogP contribution in [-0.2, 0) is 6.54 Å². The Hall–Kier alpha value is -3.13. The fraction of sp³-hybridized carbons (Fsp3) is 0.567. The van der Waals surface area contributed by atoms with Crippen molar-refractivity contribution in [3.8, 4) is 5.75 Å². The molecule has 0 aliphatic carbocycles. The molecule has 4 heterocycles. The lowest BCUT2D eigenvalue weighted by atomic mass is 9.91. The third-order valence-electron chi connectivity index (χ3n) is 8.28. The topological polar surface area (TPSA) is 75.5 Å². The molecule has 0 spiro atoms. The Kier molecular flexibility index (Phi) is 8.47. The van der Waals surface area contributed by atoms with Crippen molar-refractivity contribution in [2.24, 2.45) is 5.92 Å². The monoisotopic (exact) mass is 518 g/mol. The van der Waals surface area contributed by atoms with E-state index >= 15 is 0 Å². The molecule has 0 saturated carbocycles. The van der Waals surface area contributed by atoms with E-state index in [-0.39, 0.29) is 11.9 Å². The average Bonchev–Trinajstić information content (AvgIpc) is 3.30. The third-order valence-corrected chi connectivity index (χ3v) is 8.28. The molecule has 0 bridgehead atoms. The van der Waals surface area contributed by atoms with Crippen molar-refractivity contribution in [3.63, 3.8) is 0 Å². The molecule has 0 radical (unpaired) electrons. The Morgan fingerprint density at radius 1 is 1.03 bits per heavy atom.